The molecule has 206 valence electrons. The molecule has 40 heavy (non-hydrogen) atoms. The van der Waals surface area contributed by atoms with Crippen LogP contribution in [0.5, 0.6) is 0 Å². The molecule has 0 aliphatic heterocycles. The smallest absolute Gasteiger partial charge is 0.408 e. The van der Waals surface area contributed by atoms with Gasteiger partial charge in [-0.05, 0) is 48.7 Å². The SMILES string of the molecule is CC(C)(C)OC(=O)CC(NC(=O)OCc1ccccc1)C(=O)Cn1nnc(-c2cccc(-c3ccccc3)c2)n1. The van der Waals surface area contributed by atoms with Gasteiger partial charge in [0.2, 0.25) is 5.82 Å². The summed E-state index contributed by atoms with van der Waals surface area (Å²) in [5.41, 5.74) is 2.79. The van der Waals surface area contributed by atoms with Gasteiger partial charge in [0.15, 0.2) is 5.78 Å². The molecular formula is C30H31N5O5. The van der Waals surface area contributed by atoms with E-state index in [0.717, 1.165) is 27.1 Å². The standard InChI is InChI=1S/C30H31N5O5/c1-30(2,3)40-27(37)18-25(31-29(38)39-20-21-11-6-4-7-12-21)26(36)19-35-33-28(32-34-35)24-16-10-15-23(17-24)22-13-8-5-9-14-22/h4-17,25H,18-20H2,1-3H3,(H,31,38). The van der Waals surface area contributed by atoms with Gasteiger partial charge in [0.1, 0.15) is 24.8 Å². The lowest BCUT2D eigenvalue weighted by Crippen LogP contribution is -2.45. The summed E-state index contributed by atoms with van der Waals surface area (Å²) in [6.45, 7) is 4.85. The highest BCUT2D eigenvalue weighted by Crippen LogP contribution is 2.24. The molecular weight excluding hydrogens is 510 g/mol. The van der Waals surface area contributed by atoms with Crippen LogP contribution in [-0.2, 0) is 32.2 Å². The highest BCUT2D eigenvalue weighted by Gasteiger charge is 2.28. The maximum Gasteiger partial charge on any atom is 0.408 e. The Bertz CT molecular complexity index is 1450. The van der Waals surface area contributed by atoms with Crippen LogP contribution in [0.15, 0.2) is 84.9 Å². The number of amides is 1. The molecule has 1 atom stereocenters. The second-order valence-electron chi connectivity index (χ2n) is 10.1. The molecule has 1 aromatic heterocycles. The quantitative estimate of drug-likeness (QED) is 0.289. The van der Waals surface area contributed by atoms with Crippen LogP contribution in [0.1, 0.15) is 32.8 Å². The first-order chi connectivity index (χ1) is 19.2. The Balaban J connectivity index is 1.44. The molecule has 0 spiro atoms. The van der Waals surface area contributed by atoms with Crippen LogP contribution in [0.4, 0.5) is 4.79 Å². The first-order valence-corrected chi connectivity index (χ1v) is 12.8. The summed E-state index contributed by atoms with van der Waals surface area (Å²) in [6, 6.07) is 25.4. The number of tetrazole rings is 1. The highest BCUT2D eigenvalue weighted by atomic mass is 16.6. The molecule has 0 fully saturated rings. The molecule has 4 rings (SSSR count). The van der Waals surface area contributed by atoms with E-state index in [1.807, 2.05) is 72.8 Å². The Kier molecular flexibility index (Phi) is 9.00. The average Bonchev–Trinajstić information content (AvgIpc) is 3.40. The fourth-order valence-electron chi connectivity index (χ4n) is 3.85. The molecule has 10 nitrogen and oxygen atoms in total. The molecule has 1 unspecified atom stereocenters. The van der Waals surface area contributed by atoms with Gasteiger partial charge in [0, 0.05) is 5.56 Å². The number of carbonyl (C=O) groups is 3. The number of ketones is 1. The molecule has 0 saturated heterocycles. The number of aromatic nitrogens is 4. The van der Waals surface area contributed by atoms with Crippen LogP contribution >= 0.6 is 0 Å². The number of Topliss-reactive ketones (excluding diaryl/α,β-unsaturated/α-hetero) is 1. The van der Waals surface area contributed by atoms with Crippen molar-refractivity contribution in [2.45, 2.75) is 52.0 Å². The maximum atomic E-state index is 13.2. The van der Waals surface area contributed by atoms with Crippen LogP contribution in [-0.4, -0.2) is 49.7 Å². The minimum atomic E-state index is -1.21. The van der Waals surface area contributed by atoms with Gasteiger partial charge in [-0.1, -0.05) is 78.9 Å². The first-order valence-electron chi connectivity index (χ1n) is 12.8. The number of benzene rings is 3. The number of nitrogens with zero attached hydrogens (tertiary/aromatic N) is 4. The normalized spacial score (nSPS) is 11.9. The number of ether oxygens (including phenoxy) is 2. The molecule has 1 N–H and O–H groups in total. The van der Waals surface area contributed by atoms with Crippen LogP contribution in [0.3, 0.4) is 0 Å². The van der Waals surface area contributed by atoms with Gasteiger partial charge in [-0.3, -0.25) is 9.59 Å². The summed E-state index contributed by atoms with van der Waals surface area (Å²) in [4.78, 5) is 39.3. The fraction of sp³-hybridized carbons (Fsp3) is 0.267. The van der Waals surface area contributed by atoms with Gasteiger partial charge < -0.3 is 14.8 Å². The third-order valence-corrected chi connectivity index (χ3v) is 5.66. The van der Waals surface area contributed by atoms with Crippen molar-refractivity contribution >= 4 is 17.8 Å². The second-order valence-corrected chi connectivity index (χ2v) is 10.1. The number of alkyl carbamates (subject to hydrolysis) is 1. The fourth-order valence-corrected chi connectivity index (χ4v) is 3.85. The van der Waals surface area contributed by atoms with Crippen LogP contribution in [0, 0.1) is 0 Å². The third kappa shape index (κ3) is 8.32. The predicted octanol–water partition coefficient (Wildman–Crippen LogP) is 4.60. The van der Waals surface area contributed by atoms with Gasteiger partial charge in [0.25, 0.3) is 0 Å². The van der Waals surface area contributed by atoms with Gasteiger partial charge in [-0.25, -0.2) is 4.79 Å². The zero-order chi connectivity index (χ0) is 28.5. The van der Waals surface area contributed by atoms with Gasteiger partial charge >= 0.3 is 12.1 Å². The van der Waals surface area contributed by atoms with Crippen molar-refractivity contribution in [3.05, 3.63) is 90.5 Å². The summed E-state index contributed by atoms with van der Waals surface area (Å²) in [5.74, 6) is -0.812. The van der Waals surface area contributed by atoms with E-state index in [-0.39, 0.29) is 19.6 Å². The third-order valence-electron chi connectivity index (χ3n) is 5.66. The number of carbonyl (C=O) groups excluding carboxylic acids is 3. The Morgan fingerprint density at radius 3 is 2.23 bits per heavy atom. The van der Waals surface area contributed by atoms with Crippen LogP contribution in [0.25, 0.3) is 22.5 Å². The lowest BCUT2D eigenvalue weighted by molar-refractivity contribution is -0.156. The first kappa shape index (κ1) is 28.2. The summed E-state index contributed by atoms with van der Waals surface area (Å²) in [6.07, 6.45) is -1.22. The Labute approximate surface area is 232 Å². The lowest BCUT2D eigenvalue weighted by Gasteiger charge is -2.22. The summed E-state index contributed by atoms with van der Waals surface area (Å²) >= 11 is 0. The lowest BCUT2D eigenvalue weighted by atomic mass is 10.0. The topological polar surface area (TPSA) is 125 Å². The predicted molar refractivity (Wildman–Crippen MR) is 148 cm³/mol. The molecule has 1 amide bonds. The van der Waals surface area contributed by atoms with Crippen molar-refractivity contribution in [2.75, 3.05) is 0 Å². The molecule has 1 heterocycles. The average molecular weight is 542 g/mol. The van der Waals surface area contributed by atoms with Crippen molar-refractivity contribution in [3.63, 3.8) is 0 Å². The second kappa shape index (κ2) is 12.8. The van der Waals surface area contributed by atoms with E-state index in [1.165, 1.54) is 0 Å². The van der Waals surface area contributed by atoms with E-state index in [1.54, 1.807) is 32.9 Å². The highest BCUT2D eigenvalue weighted by molar-refractivity contribution is 5.90. The summed E-state index contributed by atoms with van der Waals surface area (Å²) < 4.78 is 10.6. The van der Waals surface area contributed by atoms with Crippen LogP contribution < -0.4 is 5.32 Å². The Hall–Kier alpha value is -4.86. The van der Waals surface area contributed by atoms with E-state index < -0.39 is 29.5 Å². The molecule has 0 aliphatic rings. The van der Waals surface area contributed by atoms with Crippen molar-refractivity contribution < 1.29 is 23.9 Å². The number of esters is 1. The Morgan fingerprint density at radius 1 is 0.875 bits per heavy atom. The Morgan fingerprint density at radius 2 is 1.52 bits per heavy atom. The number of hydrogen-bond acceptors (Lipinski definition) is 8. The van der Waals surface area contributed by atoms with E-state index >= 15 is 0 Å². The minimum absolute atomic E-state index is 0.00998. The van der Waals surface area contributed by atoms with E-state index in [0.29, 0.717) is 5.82 Å². The van der Waals surface area contributed by atoms with Crippen molar-refractivity contribution in [1.82, 2.24) is 25.5 Å². The zero-order valence-corrected chi connectivity index (χ0v) is 22.6. The molecule has 0 saturated carbocycles. The van der Waals surface area contributed by atoms with Gasteiger partial charge in [-0.15, -0.1) is 10.2 Å². The van der Waals surface area contributed by atoms with Crippen molar-refractivity contribution in [1.29, 1.82) is 0 Å². The number of nitrogens with one attached hydrogen (secondary N) is 1. The minimum Gasteiger partial charge on any atom is -0.460 e. The zero-order valence-electron chi connectivity index (χ0n) is 22.6. The van der Waals surface area contributed by atoms with Crippen molar-refractivity contribution in [3.8, 4) is 22.5 Å². The van der Waals surface area contributed by atoms with E-state index in [4.69, 9.17) is 9.47 Å². The maximum absolute atomic E-state index is 13.2. The van der Waals surface area contributed by atoms with Gasteiger partial charge in [0.05, 0.1) is 6.42 Å². The molecule has 10 heteroatoms. The number of rotatable bonds is 10. The van der Waals surface area contributed by atoms with Crippen LogP contribution in [0.2, 0.25) is 0 Å². The van der Waals surface area contributed by atoms with Crippen molar-refractivity contribution in [2.24, 2.45) is 0 Å². The molecule has 0 radical (unpaired) electrons. The largest absolute Gasteiger partial charge is 0.460 e. The molecule has 0 aliphatic carbocycles. The van der Waals surface area contributed by atoms with E-state index in [9.17, 15) is 14.4 Å². The van der Waals surface area contributed by atoms with Gasteiger partial charge in [-0.2, -0.15) is 4.80 Å². The number of hydrogen-bond donors (Lipinski definition) is 1. The molecule has 4 aromatic rings. The van der Waals surface area contributed by atoms with E-state index in [2.05, 4.69) is 20.7 Å². The summed E-state index contributed by atoms with van der Waals surface area (Å²) in [5, 5.41) is 14.9. The molecule has 3 aromatic carbocycles. The monoisotopic (exact) mass is 541 g/mol. The molecule has 0 bridgehead atoms. The summed E-state index contributed by atoms with van der Waals surface area (Å²) in [7, 11) is 0.